The molecule has 0 spiro atoms. The normalized spacial score (nSPS) is 12.8. The SMILES string of the molecule is CC.CC.CCCC1CCc2c1n[nH]c(=O)c2C(F)(F)F.CCCCN(CCC)C(=O)CC.Cc1ccc(C#N)cn1. The van der Waals surface area contributed by atoms with Gasteiger partial charge in [-0.05, 0) is 56.7 Å². The van der Waals surface area contributed by atoms with E-state index >= 15 is 0 Å². The van der Waals surface area contributed by atoms with Crippen LogP contribution in [0.2, 0.25) is 0 Å². The van der Waals surface area contributed by atoms with Gasteiger partial charge in [0, 0.05) is 37.3 Å². The highest BCUT2D eigenvalue weighted by Gasteiger charge is 2.40. The van der Waals surface area contributed by atoms with Gasteiger partial charge in [0.25, 0.3) is 5.56 Å². The number of rotatable bonds is 8. The molecule has 0 saturated heterocycles. The number of halogens is 3. The van der Waals surface area contributed by atoms with Crippen LogP contribution in [0.4, 0.5) is 13.2 Å². The highest BCUT2D eigenvalue weighted by atomic mass is 19.4. The number of hydrogen-bond acceptors (Lipinski definition) is 5. The van der Waals surface area contributed by atoms with Gasteiger partial charge in [-0.2, -0.15) is 23.5 Å². The molecule has 0 radical (unpaired) electrons. The smallest absolute Gasteiger partial charge is 0.343 e. The van der Waals surface area contributed by atoms with Crippen molar-refractivity contribution in [2.24, 2.45) is 0 Å². The van der Waals surface area contributed by atoms with Gasteiger partial charge in [-0.3, -0.25) is 14.6 Å². The molecule has 1 amide bonds. The van der Waals surface area contributed by atoms with E-state index in [0.29, 0.717) is 36.4 Å². The summed E-state index contributed by atoms with van der Waals surface area (Å²) < 4.78 is 38.3. The second kappa shape index (κ2) is 23.4. The number of alkyl halides is 3. The fourth-order valence-electron chi connectivity index (χ4n) is 4.21. The van der Waals surface area contributed by atoms with E-state index in [-0.39, 0.29) is 11.5 Å². The Hall–Kier alpha value is -3.22. The van der Waals surface area contributed by atoms with Crippen molar-refractivity contribution in [3.8, 4) is 6.07 Å². The van der Waals surface area contributed by atoms with Crippen LogP contribution in [0, 0.1) is 18.3 Å². The minimum Gasteiger partial charge on any atom is -0.343 e. The van der Waals surface area contributed by atoms with Gasteiger partial charge in [0.1, 0.15) is 11.6 Å². The zero-order chi connectivity index (χ0) is 32.7. The lowest BCUT2D eigenvalue weighted by atomic mass is 10.0. The van der Waals surface area contributed by atoms with Crippen LogP contribution < -0.4 is 5.56 Å². The topological polar surface area (TPSA) is 103 Å². The van der Waals surface area contributed by atoms with Gasteiger partial charge in [-0.1, -0.05) is 68.2 Å². The van der Waals surface area contributed by atoms with E-state index < -0.39 is 17.3 Å². The maximum Gasteiger partial charge on any atom is 0.422 e. The van der Waals surface area contributed by atoms with Crippen molar-refractivity contribution in [2.45, 2.75) is 126 Å². The van der Waals surface area contributed by atoms with Crippen LogP contribution in [0.15, 0.2) is 23.1 Å². The Morgan fingerprint density at radius 3 is 2.17 bits per heavy atom. The largest absolute Gasteiger partial charge is 0.422 e. The highest BCUT2D eigenvalue weighted by Crippen LogP contribution is 2.39. The number of carbonyl (C=O) groups is 1. The maximum absolute atomic E-state index is 12.8. The number of H-pyrrole nitrogens is 1. The molecule has 2 aromatic heterocycles. The number of unbranched alkanes of at least 4 members (excludes halogenated alkanes) is 1. The summed E-state index contributed by atoms with van der Waals surface area (Å²) in [6.07, 6.45) is 3.62. The molecule has 0 fully saturated rings. The molecule has 3 rings (SSSR count). The molecule has 2 heterocycles. The number of pyridine rings is 1. The predicted molar refractivity (Wildman–Crippen MR) is 164 cm³/mol. The van der Waals surface area contributed by atoms with Crippen molar-refractivity contribution >= 4 is 5.91 Å². The molecular formula is C32H52F3N5O2. The van der Waals surface area contributed by atoms with Crippen molar-refractivity contribution in [1.29, 1.82) is 5.26 Å². The second-order valence-electron chi connectivity index (χ2n) is 9.20. The Bertz CT molecular complexity index is 1090. The Balaban J connectivity index is 0. The Morgan fingerprint density at radius 2 is 1.71 bits per heavy atom. The molecule has 1 unspecified atom stereocenters. The third-order valence-corrected chi connectivity index (χ3v) is 6.14. The summed E-state index contributed by atoms with van der Waals surface area (Å²) >= 11 is 0. The molecule has 10 heteroatoms. The number of hydrogen-bond donors (Lipinski definition) is 1. The molecule has 0 aromatic carbocycles. The summed E-state index contributed by atoms with van der Waals surface area (Å²) in [5, 5.41) is 14.1. The summed E-state index contributed by atoms with van der Waals surface area (Å²) in [5.74, 6) is 0.346. The first-order valence-corrected chi connectivity index (χ1v) is 15.3. The average molecular weight is 596 g/mol. The van der Waals surface area contributed by atoms with Crippen molar-refractivity contribution in [3.05, 3.63) is 56.8 Å². The van der Waals surface area contributed by atoms with Crippen LogP contribution in [0.1, 0.15) is 134 Å². The van der Waals surface area contributed by atoms with Gasteiger partial charge in [0.05, 0.1) is 11.3 Å². The van der Waals surface area contributed by atoms with E-state index in [1.165, 1.54) is 0 Å². The van der Waals surface area contributed by atoms with Crippen LogP contribution in [0.5, 0.6) is 0 Å². The van der Waals surface area contributed by atoms with Crippen molar-refractivity contribution in [3.63, 3.8) is 0 Å². The van der Waals surface area contributed by atoms with Crippen LogP contribution in [0.3, 0.4) is 0 Å². The molecule has 0 bridgehead atoms. The number of aryl methyl sites for hydroxylation is 1. The van der Waals surface area contributed by atoms with Crippen molar-refractivity contribution in [2.75, 3.05) is 13.1 Å². The molecule has 238 valence electrons. The molecule has 1 aliphatic carbocycles. The lowest BCUT2D eigenvalue weighted by Gasteiger charge is -2.20. The van der Waals surface area contributed by atoms with Crippen LogP contribution in [-0.2, 0) is 17.4 Å². The van der Waals surface area contributed by atoms with E-state index in [1.807, 2.05) is 70.6 Å². The standard InChI is InChI=1S/C11H13F3N2O.C10H21NO.C7H6N2.2C2H6/c1-2-3-6-4-5-7-8(11(12,13)14)10(17)16-15-9(6)7;1-4-7-9-11(8-5-2)10(12)6-3;1-6-2-3-7(4-8)5-9-6;2*1-2/h6H,2-5H2,1H3,(H,16,17);4-9H2,1-3H3;2-3,5H,1H3;2*1-2H3. The number of amides is 1. The maximum atomic E-state index is 12.8. The number of aromatic nitrogens is 3. The first-order chi connectivity index (χ1) is 20.0. The molecule has 0 aliphatic heterocycles. The first-order valence-electron chi connectivity index (χ1n) is 15.3. The summed E-state index contributed by atoms with van der Waals surface area (Å²) in [5.41, 5.74) is -0.109. The number of nitrogens with one attached hydrogen (secondary N) is 1. The highest BCUT2D eigenvalue weighted by molar-refractivity contribution is 5.75. The number of carbonyl (C=O) groups excluding carboxylic acids is 1. The third kappa shape index (κ3) is 14.6. The van der Waals surface area contributed by atoms with Crippen molar-refractivity contribution < 1.29 is 18.0 Å². The third-order valence-electron chi connectivity index (χ3n) is 6.14. The van der Waals surface area contributed by atoms with Gasteiger partial charge >= 0.3 is 6.18 Å². The van der Waals surface area contributed by atoms with E-state index in [4.69, 9.17) is 5.26 Å². The minimum absolute atomic E-state index is 0.0490. The number of fused-ring (bicyclic) bond motifs is 1. The molecule has 42 heavy (non-hydrogen) atoms. The van der Waals surface area contributed by atoms with Gasteiger partial charge < -0.3 is 4.90 Å². The molecule has 2 aromatic rings. The van der Waals surface area contributed by atoms with Gasteiger partial charge in [0.2, 0.25) is 5.91 Å². The van der Waals surface area contributed by atoms with Crippen LogP contribution >= 0.6 is 0 Å². The lowest BCUT2D eigenvalue weighted by Crippen LogP contribution is -2.31. The van der Waals surface area contributed by atoms with Crippen LogP contribution in [-0.4, -0.2) is 39.1 Å². The zero-order valence-electron chi connectivity index (χ0n) is 27.1. The summed E-state index contributed by atoms with van der Waals surface area (Å²) in [6.45, 7) is 19.9. The summed E-state index contributed by atoms with van der Waals surface area (Å²) in [6, 6.07) is 5.56. The number of nitrogens with zero attached hydrogens (tertiary/aromatic N) is 4. The van der Waals surface area contributed by atoms with E-state index in [1.54, 1.807) is 12.3 Å². The van der Waals surface area contributed by atoms with Crippen molar-refractivity contribution in [1.82, 2.24) is 20.1 Å². The fraction of sp³-hybridized carbons (Fsp3) is 0.656. The Kier molecular flexibility index (Phi) is 22.8. The van der Waals surface area contributed by atoms with Gasteiger partial charge in [-0.25, -0.2) is 5.10 Å². The molecular weight excluding hydrogens is 543 g/mol. The predicted octanol–water partition coefficient (Wildman–Crippen LogP) is 8.37. The lowest BCUT2D eigenvalue weighted by molar-refractivity contribution is -0.139. The van der Waals surface area contributed by atoms with E-state index in [9.17, 15) is 22.8 Å². The van der Waals surface area contributed by atoms with Gasteiger partial charge in [0.15, 0.2) is 0 Å². The van der Waals surface area contributed by atoms with Gasteiger partial charge in [-0.15, -0.1) is 0 Å². The number of aromatic amines is 1. The van der Waals surface area contributed by atoms with E-state index in [0.717, 1.165) is 50.9 Å². The fourth-order valence-corrected chi connectivity index (χ4v) is 4.21. The zero-order valence-corrected chi connectivity index (χ0v) is 27.1. The average Bonchev–Trinajstić information content (AvgIpc) is 3.39. The Morgan fingerprint density at radius 1 is 1.07 bits per heavy atom. The molecule has 1 N–H and O–H groups in total. The monoisotopic (exact) mass is 595 g/mol. The molecule has 1 aliphatic rings. The first kappa shape index (κ1) is 40.9. The second-order valence-corrected chi connectivity index (χ2v) is 9.20. The molecule has 1 atom stereocenters. The minimum atomic E-state index is -4.60. The quantitative estimate of drug-likeness (QED) is 0.330. The summed E-state index contributed by atoms with van der Waals surface area (Å²) in [4.78, 5) is 28.5. The number of nitriles is 1. The molecule has 7 nitrogen and oxygen atoms in total. The Labute approximate surface area is 250 Å². The van der Waals surface area contributed by atoms with Crippen LogP contribution in [0.25, 0.3) is 0 Å². The molecule has 0 saturated carbocycles. The summed E-state index contributed by atoms with van der Waals surface area (Å²) in [7, 11) is 0. The van der Waals surface area contributed by atoms with E-state index in [2.05, 4.69) is 23.9 Å².